The van der Waals surface area contributed by atoms with E-state index >= 15 is 0 Å². The van der Waals surface area contributed by atoms with Gasteiger partial charge in [0.15, 0.2) is 0 Å². The predicted molar refractivity (Wildman–Crippen MR) is 82.7 cm³/mol. The van der Waals surface area contributed by atoms with E-state index in [0.29, 0.717) is 17.9 Å². The molecule has 19 heavy (non-hydrogen) atoms. The maximum Gasteiger partial charge on any atom is 0.141 e. The minimum absolute atomic E-state index is 0.457. The molecular weight excluding hydrogens is 236 g/mol. The van der Waals surface area contributed by atoms with Gasteiger partial charge in [0.1, 0.15) is 5.76 Å². The Labute approximate surface area is 119 Å². The van der Waals surface area contributed by atoms with E-state index in [1.54, 1.807) is 0 Å². The molecule has 2 heterocycles. The Kier molecular flexibility index (Phi) is 8.73. The van der Waals surface area contributed by atoms with Crippen molar-refractivity contribution in [3.63, 3.8) is 0 Å². The number of likely N-dealkylation sites (N-methyl/N-ethyl adjacent to an activating group) is 1. The van der Waals surface area contributed by atoms with Crippen molar-refractivity contribution in [2.24, 2.45) is 0 Å². The van der Waals surface area contributed by atoms with Crippen LogP contribution in [0.4, 0.5) is 0 Å². The zero-order valence-corrected chi connectivity index (χ0v) is 14.0. The highest BCUT2D eigenvalue weighted by molar-refractivity contribution is 5.14. The maximum absolute atomic E-state index is 5.43. The van der Waals surface area contributed by atoms with Gasteiger partial charge in [0.2, 0.25) is 0 Å². The molecule has 0 radical (unpaired) electrons. The molecule has 1 aliphatic heterocycles. The first-order valence-corrected chi connectivity index (χ1v) is 7.74. The average Bonchev–Trinajstić information content (AvgIpc) is 3.02. The second-order valence-electron chi connectivity index (χ2n) is 5.03. The van der Waals surface area contributed by atoms with Crippen molar-refractivity contribution in [3.05, 3.63) is 17.5 Å². The molecule has 2 atom stereocenters. The topological polar surface area (TPSA) is 29.3 Å². The van der Waals surface area contributed by atoms with E-state index in [1.807, 2.05) is 27.7 Å². The Hall–Kier alpha value is -0.830. The maximum atomic E-state index is 5.43. The zero-order valence-electron chi connectivity index (χ0n) is 14.0. The summed E-state index contributed by atoms with van der Waals surface area (Å²) < 4.78 is 5.43. The SMILES string of the molecule is CC.CC.CC(C)c1cc(C2CC(C)N(C)C2)on1. The molecule has 1 saturated heterocycles. The van der Waals surface area contributed by atoms with Crippen LogP contribution >= 0.6 is 0 Å². The van der Waals surface area contributed by atoms with Crippen molar-refractivity contribution in [1.82, 2.24) is 10.1 Å². The molecule has 0 amide bonds. The fourth-order valence-electron chi connectivity index (χ4n) is 2.17. The highest BCUT2D eigenvalue weighted by Gasteiger charge is 2.30. The summed E-state index contributed by atoms with van der Waals surface area (Å²) in [4.78, 5) is 2.38. The average molecular weight is 268 g/mol. The van der Waals surface area contributed by atoms with E-state index in [-0.39, 0.29) is 0 Å². The minimum atomic E-state index is 0.457. The van der Waals surface area contributed by atoms with Crippen molar-refractivity contribution in [3.8, 4) is 0 Å². The third kappa shape index (κ3) is 4.98. The van der Waals surface area contributed by atoms with Gasteiger partial charge >= 0.3 is 0 Å². The van der Waals surface area contributed by atoms with Crippen molar-refractivity contribution in [2.45, 2.75) is 72.8 Å². The Balaban J connectivity index is 0.000000741. The van der Waals surface area contributed by atoms with Crippen LogP contribution in [0, 0.1) is 0 Å². The summed E-state index contributed by atoms with van der Waals surface area (Å²) in [6.45, 7) is 15.6. The fraction of sp³-hybridized carbons (Fsp3) is 0.812. The summed E-state index contributed by atoms with van der Waals surface area (Å²) in [5.74, 6) is 2.05. The Morgan fingerprint density at radius 2 is 1.84 bits per heavy atom. The predicted octanol–water partition coefficient (Wildman–Crippen LogP) is 4.66. The van der Waals surface area contributed by atoms with Crippen LogP contribution in [0.1, 0.15) is 78.2 Å². The smallest absolute Gasteiger partial charge is 0.141 e. The van der Waals surface area contributed by atoms with Crippen LogP contribution in [0.15, 0.2) is 10.6 Å². The second kappa shape index (κ2) is 9.13. The summed E-state index contributed by atoms with van der Waals surface area (Å²) in [5, 5.41) is 4.12. The van der Waals surface area contributed by atoms with Crippen molar-refractivity contribution >= 4 is 0 Å². The molecule has 1 fully saturated rings. The summed E-state index contributed by atoms with van der Waals surface area (Å²) >= 11 is 0. The quantitative estimate of drug-likeness (QED) is 0.781. The van der Waals surface area contributed by atoms with Crippen molar-refractivity contribution in [1.29, 1.82) is 0 Å². The molecule has 0 N–H and O–H groups in total. The molecule has 3 nitrogen and oxygen atoms in total. The number of rotatable bonds is 2. The molecule has 2 rings (SSSR count). The minimum Gasteiger partial charge on any atom is -0.361 e. The Morgan fingerprint density at radius 1 is 1.26 bits per heavy atom. The highest BCUT2D eigenvalue weighted by Crippen LogP contribution is 2.31. The van der Waals surface area contributed by atoms with Gasteiger partial charge in [0.25, 0.3) is 0 Å². The van der Waals surface area contributed by atoms with Crippen LogP contribution < -0.4 is 0 Å². The molecule has 1 aliphatic rings. The van der Waals surface area contributed by atoms with Crippen LogP contribution in [-0.2, 0) is 0 Å². The lowest BCUT2D eigenvalue weighted by Crippen LogP contribution is -2.21. The van der Waals surface area contributed by atoms with E-state index in [9.17, 15) is 0 Å². The third-order valence-corrected chi connectivity index (χ3v) is 3.43. The highest BCUT2D eigenvalue weighted by atomic mass is 16.5. The summed E-state index contributed by atoms with van der Waals surface area (Å²) in [6.07, 6.45) is 1.18. The third-order valence-electron chi connectivity index (χ3n) is 3.43. The van der Waals surface area contributed by atoms with E-state index in [4.69, 9.17) is 4.52 Å². The van der Waals surface area contributed by atoms with E-state index in [1.165, 1.54) is 6.42 Å². The van der Waals surface area contributed by atoms with Crippen LogP contribution in [0.2, 0.25) is 0 Å². The molecule has 1 aromatic heterocycles. The molecular formula is C16H32N2O. The number of likely N-dealkylation sites (tertiary alicyclic amines) is 1. The first-order chi connectivity index (χ1) is 9.08. The van der Waals surface area contributed by atoms with Gasteiger partial charge in [-0.3, -0.25) is 0 Å². The molecule has 2 unspecified atom stereocenters. The van der Waals surface area contributed by atoms with Gasteiger partial charge in [-0.15, -0.1) is 0 Å². The molecule has 0 saturated carbocycles. The van der Waals surface area contributed by atoms with Crippen LogP contribution in [0.25, 0.3) is 0 Å². The van der Waals surface area contributed by atoms with Crippen LogP contribution in [0.5, 0.6) is 0 Å². The zero-order chi connectivity index (χ0) is 15.0. The van der Waals surface area contributed by atoms with Crippen LogP contribution in [0.3, 0.4) is 0 Å². The van der Waals surface area contributed by atoms with E-state index < -0.39 is 0 Å². The molecule has 0 aliphatic carbocycles. The Morgan fingerprint density at radius 3 is 2.21 bits per heavy atom. The number of aromatic nitrogens is 1. The van der Waals surface area contributed by atoms with Gasteiger partial charge in [-0.25, -0.2) is 0 Å². The van der Waals surface area contributed by atoms with Gasteiger partial charge in [-0.1, -0.05) is 46.7 Å². The Bertz CT molecular complexity index is 323. The molecule has 0 aromatic carbocycles. The standard InChI is InChI=1S/C12H20N2O.2C2H6/c1-8(2)11-6-12(15-13-11)10-5-9(3)14(4)7-10;2*1-2/h6,8-10H,5,7H2,1-4H3;2*1-2H3. The molecule has 112 valence electrons. The normalized spacial score (nSPS) is 22.6. The number of hydrogen-bond acceptors (Lipinski definition) is 3. The summed E-state index contributed by atoms with van der Waals surface area (Å²) in [6, 6.07) is 2.78. The number of nitrogens with zero attached hydrogens (tertiary/aromatic N) is 2. The molecule has 0 spiro atoms. The van der Waals surface area contributed by atoms with Gasteiger partial charge in [-0.2, -0.15) is 0 Å². The largest absolute Gasteiger partial charge is 0.361 e. The van der Waals surface area contributed by atoms with Crippen LogP contribution in [-0.4, -0.2) is 29.7 Å². The van der Waals surface area contributed by atoms with Gasteiger partial charge in [0.05, 0.1) is 5.69 Å². The lowest BCUT2D eigenvalue weighted by Gasteiger charge is -2.12. The van der Waals surface area contributed by atoms with Gasteiger partial charge in [-0.05, 0) is 26.3 Å². The summed E-state index contributed by atoms with van der Waals surface area (Å²) in [7, 11) is 2.17. The second-order valence-corrected chi connectivity index (χ2v) is 5.03. The monoisotopic (exact) mass is 268 g/mol. The van der Waals surface area contributed by atoms with E-state index in [0.717, 1.165) is 18.0 Å². The molecule has 3 heteroatoms. The fourth-order valence-corrected chi connectivity index (χ4v) is 2.17. The van der Waals surface area contributed by atoms with Crippen molar-refractivity contribution in [2.75, 3.05) is 13.6 Å². The molecule has 1 aromatic rings. The molecule has 0 bridgehead atoms. The lowest BCUT2D eigenvalue weighted by atomic mass is 10.0. The van der Waals surface area contributed by atoms with Crippen molar-refractivity contribution < 1.29 is 4.52 Å². The lowest BCUT2D eigenvalue weighted by molar-refractivity contribution is 0.321. The first kappa shape index (κ1) is 18.2. The van der Waals surface area contributed by atoms with Gasteiger partial charge in [0, 0.05) is 24.6 Å². The van der Waals surface area contributed by atoms with E-state index in [2.05, 4.69) is 43.9 Å². The van der Waals surface area contributed by atoms with Gasteiger partial charge < -0.3 is 9.42 Å². The number of hydrogen-bond donors (Lipinski definition) is 0. The first-order valence-electron chi connectivity index (χ1n) is 7.74. The summed E-state index contributed by atoms with van der Waals surface area (Å²) in [5.41, 5.74) is 1.08.